The van der Waals surface area contributed by atoms with Crippen molar-refractivity contribution in [3.63, 3.8) is 0 Å². The topological polar surface area (TPSA) is 89.1 Å². The Morgan fingerprint density at radius 1 is 0.435 bits per heavy atom. The molecule has 0 aliphatic rings. The van der Waals surface area contributed by atoms with E-state index in [9.17, 15) is 10.5 Å². The SMILES string of the molecule is [C-]#[N+]c1ccc(N(c2ccc(C#N)cc2)c2ccc3c(c2)c2cc(N(c4ccccc4)c4ccccc4)ccc2n3-c2ccc(-c3cc(-c4ccccc4)nc(-c4ccccc4)n3)c(C#N)c2)cc1. The van der Waals surface area contributed by atoms with Crippen molar-refractivity contribution in [1.82, 2.24) is 14.5 Å². The van der Waals surface area contributed by atoms with Gasteiger partial charge in [0.05, 0.1) is 52.3 Å². The molecule has 0 atom stereocenters. The lowest BCUT2D eigenvalue weighted by atomic mass is 10.0. The third-order valence-electron chi connectivity index (χ3n) is 12.3. The number of anilines is 6. The summed E-state index contributed by atoms with van der Waals surface area (Å²) in [7, 11) is 0. The van der Waals surface area contributed by atoms with Crippen molar-refractivity contribution < 1.29 is 0 Å². The third kappa shape index (κ3) is 7.96. The lowest BCUT2D eigenvalue weighted by molar-refractivity contribution is 1.16. The van der Waals surface area contributed by atoms with Crippen molar-refractivity contribution in [3.05, 3.63) is 253 Å². The van der Waals surface area contributed by atoms with Gasteiger partial charge in [-0.15, -0.1) is 0 Å². The molecule has 0 unspecified atom stereocenters. The van der Waals surface area contributed by atoms with Crippen LogP contribution in [-0.4, -0.2) is 14.5 Å². The lowest BCUT2D eigenvalue weighted by Crippen LogP contribution is -2.10. The molecule has 11 aromatic rings. The molecule has 2 heterocycles. The zero-order valence-corrected chi connectivity index (χ0v) is 37.0. The Morgan fingerprint density at radius 3 is 1.43 bits per heavy atom. The second-order valence-corrected chi connectivity index (χ2v) is 16.4. The molecular formula is C61H38N8. The van der Waals surface area contributed by atoms with Gasteiger partial charge < -0.3 is 14.4 Å². The predicted octanol–water partition coefficient (Wildman–Crippen LogP) is 15.8. The largest absolute Gasteiger partial charge is 0.311 e. The number of fused-ring (bicyclic) bond motifs is 3. The minimum atomic E-state index is 0.474. The van der Waals surface area contributed by atoms with Gasteiger partial charge in [0.15, 0.2) is 11.5 Å². The molecule has 0 N–H and O–H groups in total. The zero-order chi connectivity index (χ0) is 46.7. The summed E-state index contributed by atoms with van der Waals surface area (Å²) in [5, 5.41) is 22.6. The molecule has 0 spiro atoms. The van der Waals surface area contributed by atoms with Crippen LogP contribution in [-0.2, 0) is 0 Å². The molecule has 11 rings (SSSR count). The minimum absolute atomic E-state index is 0.474. The van der Waals surface area contributed by atoms with Crippen LogP contribution in [0.2, 0.25) is 0 Å². The van der Waals surface area contributed by atoms with Gasteiger partial charge in [0, 0.05) is 67.3 Å². The van der Waals surface area contributed by atoms with Gasteiger partial charge in [-0.2, -0.15) is 10.5 Å². The van der Waals surface area contributed by atoms with Gasteiger partial charge in [-0.1, -0.05) is 109 Å². The van der Waals surface area contributed by atoms with E-state index in [4.69, 9.17) is 16.5 Å². The smallest absolute Gasteiger partial charge is 0.187 e. The maximum Gasteiger partial charge on any atom is 0.187 e. The molecule has 0 saturated heterocycles. The number of hydrogen-bond donors (Lipinski definition) is 0. The van der Waals surface area contributed by atoms with Crippen molar-refractivity contribution >= 4 is 61.6 Å². The van der Waals surface area contributed by atoms with E-state index in [2.05, 4.69) is 98.1 Å². The van der Waals surface area contributed by atoms with E-state index < -0.39 is 0 Å². The molecule has 9 aromatic carbocycles. The first kappa shape index (κ1) is 41.6. The maximum atomic E-state index is 10.9. The summed E-state index contributed by atoms with van der Waals surface area (Å²) in [5.74, 6) is 0.575. The molecule has 8 heteroatoms. The van der Waals surface area contributed by atoms with Crippen LogP contribution >= 0.6 is 0 Å². The van der Waals surface area contributed by atoms with Crippen LogP contribution in [0.3, 0.4) is 0 Å². The molecule has 0 amide bonds. The Bertz CT molecular complexity index is 3640. The van der Waals surface area contributed by atoms with E-state index in [1.54, 1.807) is 0 Å². The second kappa shape index (κ2) is 18.1. The summed E-state index contributed by atoms with van der Waals surface area (Å²) in [6.07, 6.45) is 0. The summed E-state index contributed by atoms with van der Waals surface area (Å²) in [4.78, 5) is 18.1. The van der Waals surface area contributed by atoms with E-state index in [0.29, 0.717) is 33.9 Å². The number of nitrogens with zero attached hydrogens (tertiary/aromatic N) is 8. The predicted molar refractivity (Wildman–Crippen MR) is 278 cm³/mol. The maximum absolute atomic E-state index is 10.9. The molecule has 2 aromatic heterocycles. The van der Waals surface area contributed by atoms with Crippen molar-refractivity contribution in [2.45, 2.75) is 0 Å². The van der Waals surface area contributed by atoms with E-state index in [1.165, 1.54) is 0 Å². The Balaban J connectivity index is 1.12. The van der Waals surface area contributed by atoms with Crippen LogP contribution in [0.4, 0.5) is 39.8 Å². The van der Waals surface area contributed by atoms with Crippen molar-refractivity contribution in [2.24, 2.45) is 0 Å². The molecule has 0 fully saturated rings. The fourth-order valence-electron chi connectivity index (χ4n) is 9.01. The number of hydrogen-bond acceptors (Lipinski definition) is 6. The molecule has 69 heavy (non-hydrogen) atoms. The number of nitriles is 2. The zero-order valence-electron chi connectivity index (χ0n) is 37.0. The quantitative estimate of drug-likeness (QED) is 0.127. The lowest BCUT2D eigenvalue weighted by Gasteiger charge is -2.26. The minimum Gasteiger partial charge on any atom is -0.311 e. The fraction of sp³-hybridized carbons (Fsp3) is 0. The number of benzene rings is 9. The van der Waals surface area contributed by atoms with Gasteiger partial charge in [0.1, 0.15) is 0 Å². The highest BCUT2D eigenvalue weighted by molar-refractivity contribution is 6.12. The molecule has 0 saturated carbocycles. The van der Waals surface area contributed by atoms with Crippen LogP contribution in [0, 0.1) is 29.2 Å². The van der Waals surface area contributed by atoms with Crippen LogP contribution in [0.1, 0.15) is 11.1 Å². The number of rotatable bonds is 10. The van der Waals surface area contributed by atoms with Gasteiger partial charge in [-0.3, -0.25) is 0 Å². The van der Waals surface area contributed by atoms with E-state index in [0.717, 1.165) is 78.4 Å². The van der Waals surface area contributed by atoms with Crippen LogP contribution in [0.5, 0.6) is 0 Å². The van der Waals surface area contributed by atoms with Crippen LogP contribution < -0.4 is 9.80 Å². The Hall–Kier alpha value is -10.1. The third-order valence-corrected chi connectivity index (χ3v) is 12.3. The van der Waals surface area contributed by atoms with Crippen molar-refractivity contribution in [1.29, 1.82) is 10.5 Å². The Labute approximate surface area is 399 Å². The second-order valence-electron chi connectivity index (χ2n) is 16.4. The average molecular weight is 883 g/mol. The Kier molecular flexibility index (Phi) is 10.9. The van der Waals surface area contributed by atoms with E-state index in [-0.39, 0.29) is 0 Å². The molecule has 0 bridgehead atoms. The summed E-state index contributed by atoms with van der Waals surface area (Å²) < 4.78 is 2.22. The van der Waals surface area contributed by atoms with Gasteiger partial charge >= 0.3 is 0 Å². The molecule has 322 valence electrons. The first-order valence-corrected chi connectivity index (χ1v) is 22.4. The average Bonchev–Trinajstić information content (AvgIpc) is 3.75. The fourth-order valence-corrected chi connectivity index (χ4v) is 9.01. The van der Waals surface area contributed by atoms with Crippen LogP contribution in [0.25, 0.3) is 66.2 Å². The van der Waals surface area contributed by atoms with Gasteiger partial charge in [0.2, 0.25) is 0 Å². The van der Waals surface area contributed by atoms with Crippen molar-refractivity contribution in [2.75, 3.05) is 9.80 Å². The Morgan fingerprint density at radius 2 is 0.913 bits per heavy atom. The number of aromatic nitrogens is 3. The monoisotopic (exact) mass is 882 g/mol. The van der Waals surface area contributed by atoms with Gasteiger partial charge in [-0.25, -0.2) is 14.8 Å². The van der Waals surface area contributed by atoms with Crippen molar-refractivity contribution in [3.8, 4) is 51.7 Å². The first-order valence-electron chi connectivity index (χ1n) is 22.4. The molecule has 8 nitrogen and oxygen atoms in total. The molecule has 0 aliphatic heterocycles. The normalized spacial score (nSPS) is 10.9. The van der Waals surface area contributed by atoms with Gasteiger partial charge in [-0.05, 0) is 121 Å². The standard InChI is InChI=1S/C61H38N8/c1-64-46-24-28-50(29-25-46)68(49-26-22-42(40-62)23-27-49)53-32-35-60-56(38-53)55-37-52(67(47-18-10-4-11-19-47)48-20-12-5-13-21-48)31-34-59(55)69(60)51-30-33-54(45(36-51)41-63)58-39-57(43-14-6-2-7-15-43)65-61(66-58)44-16-8-3-9-17-44/h2-39H. The van der Waals surface area contributed by atoms with Gasteiger partial charge in [0.25, 0.3) is 0 Å². The van der Waals surface area contributed by atoms with E-state index in [1.807, 2.05) is 164 Å². The summed E-state index contributed by atoms with van der Waals surface area (Å²) in [6.45, 7) is 7.61. The van der Waals surface area contributed by atoms with E-state index >= 15 is 0 Å². The molecule has 0 aliphatic carbocycles. The first-order chi connectivity index (χ1) is 34.1. The molecule has 0 radical (unpaired) electrons. The summed E-state index contributed by atoms with van der Waals surface area (Å²) >= 11 is 0. The van der Waals surface area contributed by atoms with Crippen LogP contribution in [0.15, 0.2) is 231 Å². The molecular weight excluding hydrogens is 845 g/mol. The highest BCUT2D eigenvalue weighted by Gasteiger charge is 2.22. The highest BCUT2D eigenvalue weighted by atomic mass is 15.1. The highest BCUT2D eigenvalue weighted by Crippen LogP contribution is 2.43. The summed E-state index contributed by atoms with van der Waals surface area (Å²) in [5.41, 5.74) is 13.9. The number of para-hydroxylation sites is 2. The summed E-state index contributed by atoms with van der Waals surface area (Å²) in [6, 6.07) is 81.4.